The molecule has 0 amide bonds. The van der Waals surface area contributed by atoms with Crippen LogP contribution in [0.3, 0.4) is 0 Å². The summed E-state index contributed by atoms with van der Waals surface area (Å²) in [5.74, 6) is 0.771. The second-order valence-corrected chi connectivity index (χ2v) is 3.11. The lowest BCUT2D eigenvalue weighted by Gasteiger charge is -2.35. The minimum atomic E-state index is 0.500. The molecule has 2 unspecified atom stereocenters. The molecule has 9 heavy (non-hydrogen) atoms. The molecule has 0 aromatic carbocycles. The van der Waals surface area contributed by atoms with Gasteiger partial charge in [0.25, 0.3) is 0 Å². The first-order chi connectivity index (χ1) is 4.20. The lowest BCUT2D eigenvalue weighted by molar-refractivity contribution is -0.113. The van der Waals surface area contributed by atoms with Crippen molar-refractivity contribution in [2.75, 3.05) is 27.2 Å². The number of hydrogen-bond donors (Lipinski definition) is 0. The second kappa shape index (κ2) is 2.67. The zero-order valence-electron chi connectivity index (χ0n) is 6.42. The molecule has 2 nitrogen and oxygen atoms in total. The molecule has 0 aliphatic carbocycles. The van der Waals surface area contributed by atoms with E-state index < -0.39 is 0 Å². The van der Waals surface area contributed by atoms with Crippen molar-refractivity contribution >= 4 is 0 Å². The molecule has 1 aliphatic heterocycles. The largest absolute Gasteiger partial charge is 0.376 e. The van der Waals surface area contributed by atoms with Crippen molar-refractivity contribution in [3.63, 3.8) is 0 Å². The van der Waals surface area contributed by atoms with Gasteiger partial charge in [-0.3, -0.25) is 0 Å². The number of rotatable bonds is 2. The van der Waals surface area contributed by atoms with Crippen LogP contribution in [0, 0.1) is 5.92 Å². The molecule has 2 heteroatoms. The zero-order valence-corrected chi connectivity index (χ0v) is 6.42. The van der Waals surface area contributed by atoms with Crippen LogP contribution in [-0.4, -0.2) is 38.3 Å². The van der Waals surface area contributed by atoms with Gasteiger partial charge in [0.2, 0.25) is 0 Å². The average Bonchev–Trinajstić information content (AvgIpc) is 1.79. The first kappa shape index (κ1) is 7.03. The molecule has 0 spiro atoms. The summed E-state index contributed by atoms with van der Waals surface area (Å²) in [6.45, 7) is 4.26. The monoisotopic (exact) mass is 129 g/mol. The third-order valence-electron chi connectivity index (χ3n) is 1.75. The Morgan fingerprint density at radius 3 is 2.33 bits per heavy atom. The van der Waals surface area contributed by atoms with E-state index in [-0.39, 0.29) is 0 Å². The Morgan fingerprint density at radius 1 is 1.56 bits per heavy atom. The summed E-state index contributed by atoms with van der Waals surface area (Å²) in [7, 11) is 4.16. The molecule has 1 aliphatic rings. The predicted molar refractivity (Wildman–Crippen MR) is 37.5 cm³/mol. The highest BCUT2D eigenvalue weighted by Crippen LogP contribution is 2.19. The van der Waals surface area contributed by atoms with Crippen LogP contribution in [-0.2, 0) is 4.74 Å². The highest BCUT2D eigenvalue weighted by Gasteiger charge is 2.27. The van der Waals surface area contributed by atoms with Gasteiger partial charge >= 0.3 is 0 Å². The minimum absolute atomic E-state index is 0.500. The first-order valence-electron chi connectivity index (χ1n) is 3.46. The maximum Gasteiger partial charge on any atom is 0.0749 e. The minimum Gasteiger partial charge on any atom is -0.376 e. The zero-order chi connectivity index (χ0) is 6.85. The second-order valence-electron chi connectivity index (χ2n) is 3.11. The Balaban J connectivity index is 2.13. The molecule has 1 rings (SSSR count). The van der Waals surface area contributed by atoms with E-state index in [1.165, 1.54) is 0 Å². The van der Waals surface area contributed by atoms with Crippen molar-refractivity contribution in [2.45, 2.75) is 13.0 Å². The number of nitrogens with zero attached hydrogens (tertiary/aromatic N) is 1. The van der Waals surface area contributed by atoms with Gasteiger partial charge in [-0.2, -0.15) is 0 Å². The Hall–Kier alpha value is -0.0800. The molecular weight excluding hydrogens is 114 g/mol. The summed E-state index contributed by atoms with van der Waals surface area (Å²) >= 11 is 0. The maximum atomic E-state index is 5.31. The van der Waals surface area contributed by atoms with E-state index >= 15 is 0 Å². The molecule has 0 saturated carbocycles. The van der Waals surface area contributed by atoms with Crippen LogP contribution < -0.4 is 0 Å². The summed E-state index contributed by atoms with van der Waals surface area (Å²) in [6.07, 6.45) is 0.500. The van der Waals surface area contributed by atoms with Crippen LogP contribution in [0.25, 0.3) is 0 Å². The van der Waals surface area contributed by atoms with E-state index in [9.17, 15) is 0 Å². The maximum absolute atomic E-state index is 5.31. The van der Waals surface area contributed by atoms with Crippen LogP contribution >= 0.6 is 0 Å². The van der Waals surface area contributed by atoms with Crippen molar-refractivity contribution in [1.82, 2.24) is 4.90 Å². The van der Waals surface area contributed by atoms with Gasteiger partial charge in [0.1, 0.15) is 0 Å². The fourth-order valence-corrected chi connectivity index (χ4v) is 1.02. The van der Waals surface area contributed by atoms with E-state index in [1.807, 2.05) is 0 Å². The standard InChI is InChI=1S/C7H15NO/c1-6-5-9-7(6)4-8(2)3/h6-7H,4-5H2,1-3H3. The fourth-order valence-electron chi connectivity index (χ4n) is 1.02. The van der Waals surface area contributed by atoms with E-state index in [0.29, 0.717) is 6.10 Å². The van der Waals surface area contributed by atoms with Crippen molar-refractivity contribution in [2.24, 2.45) is 5.92 Å². The van der Waals surface area contributed by atoms with Gasteiger partial charge < -0.3 is 9.64 Å². The van der Waals surface area contributed by atoms with E-state index in [1.54, 1.807) is 0 Å². The van der Waals surface area contributed by atoms with Gasteiger partial charge in [0, 0.05) is 12.5 Å². The van der Waals surface area contributed by atoms with E-state index in [0.717, 1.165) is 19.1 Å². The third-order valence-corrected chi connectivity index (χ3v) is 1.75. The molecule has 0 aromatic heterocycles. The molecule has 0 N–H and O–H groups in total. The van der Waals surface area contributed by atoms with Crippen molar-refractivity contribution < 1.29 is 4.74 Å². The normalized spacial score (nSPS) is 34.7. The highest BCUT2D eigenvalue weighted by molar-refractivity contribution is 4.76. The van der Waals surface area contributed by atoms with Gasteiger partial charge in [-0.15, -0.1) is 0 Å². The van der Waals surface area contributed by atoms with Gasteiger partial charge in [0.05, 0.1) is 12.7 Å². The van der Waals surface area contributed by atoms with Crippen molar-refractivity contribution in [3.05, 3.63) is 0 Å². The summed E-state index contributed by atoms with van der Waals surface area (Å²) in [5, 5.41) is 0. The number of ether oxygens (including phenoxy) is 1. The molecule has 1 fully saturated rings. The SMILES string of the molecule is CC1COC1CN(C)C. The van der Waals surface area contributed by atoms with Crippen molar-refractivity contribution in [1.29, 1.82) is 0 Å². The lowest BCUT2D eigenvalue weighted by Crippen LogP contribution is -2.44. The summed E-state index contributed by atoms with van der Waals surface area (Å²) < 4.78 is 5.31. The topological polar surface area (TPSA) is 12.5 Å². The number of likely N-dealkylation sites (N-methyl/N-ethyl adjacent to an activating group) is 1. The van der Waals surface area contributed by atoms with Crippen LogP contribution in [0.4, 0.5) is 0 Å². The molecule has 1 saturated heterocycles. The predicted octanol–water partition coefficient (Wildman–Crippen LogP) is 0.583. The Morgan fingerprint density at radius 2 is 2.22 bits per heavy atom. The quantitative estimate of drug-likeness (QED) is 0.541. The first-order valence-corrected chi connectivity index (χ1v) is 3.46. The smallest absolute Gasteiger partial charge is 0.0749 e. The van der Waals surface area contributed by atoms with Crippen molar-refractivity contribution in [3.8, 4) is 0 Å². The molecule has 1 heterocycles. The summed E-state index contributed by atoms with van der Waals surface area (Å²) in [5.41, 5.74) is 0. The lowest BCUT2D eigenvalue weighted by atomic mass is 10.0. The Labute approximate surface area is 56.8 Å². The van der Waals surface area contributed by atoms with Crippen LogP contribution in [0.15, 0.2) is 0 Å². The Bertz CT molecular complexity index is 92.9. The summed E-state index contributed by atoms with van der Waals surface area (Å²) in [6, 6.07) is 0. The van der Waals surface area contributed by atoms with Gasteiger partial charge in [0.15, 0.2) is 0 Å². The van der Waals surface area contributed by atoms with Crippen LogP contribution in [0.5, 0.6) is 0 Å². The average molecular weight is 129 g/mol. The van der Waals surface area contributed by atoms with Crippen LogP contribution in [0.2, 0.25) is 0 Å². The molecule has 2 atom stereocenters. The van der Waals surface area contributed by atoms with Gasteiger partial charge in [-0.1, -0.05) is 6.92 Å². The van der Waals surface area contributed by atoms with Gasteiger partial charge in [-0.05, 0) is 14.1 Å². The van der Waals surface area contributed by atoms with Gasteiger partial charge in [-0.25, -0.2) is 0 Å². The van der Waals surface area contributed by atoms with E-state index in [4.69, 9.17) is 4.74 Å². The Kier molecular flexibility index (Phi) is 2.09. The molecule has 0 radical (unpaired) electrons. The molecule has 54 valence electrons. The van der Waals surface area contributed by atoms with Crippen LogP contribution in [0.1, 0.15) is 6.92 Å². The number of hydrogen-bond acceptors (Lipinski definition) is 2. The summed E-state index contributed by atoms with van der Waals surface area (Å²) in [4.78, 5) is 2.17. The third kappa shape index (κ3) is 1.66. The highest BCUT2D eigenvalue weighted by atomic mass is 16.5. The molecular formula is C7H15NO. The fraction of sp³-hybridized carbons (Fsp3) is 1.00. The van der Waals surface area contributed by atoms with E-state index in [2.05, 4.69) is 25.9 Å². The molecule has 0 aromatic rings. The molecule has 0 bridgehead atoms.